The highest BCUT2D eigenvalue weighted by Gasteiger charge is 2.30. The standard InChI is InChI=1S/C8H8N2.C3H2ClF3/c1-10-8-4-2-3-7(5-8)6-9;1-2(4)3(5,6)7/h2-5,10H,1H3;1H2. The third kappa shape index (κ3) is 6.48. The van der Waals surface area contributed by atoms with Crippen LogP contribution in [-0.4, -0.2) is 13.2 Å². The van der Waals surface area contributed by atoms with Gasteiger partial charge < -0.3 is 5.32 Å². The molecule has 0 unspecified atom stereocenters. The molecule has 0 amide bonds. The Morgan fingerprint density at radius 1 is 1.47 bits per heavy atom. The molecule has 1 aromatic carbocycles. The van der Waals surface area contributed by atoms with Crippen LogP contribution in [0.25, 0.3) is 0 Å². The van der Waals surface area contributed by atoms with E-state index in [1.807, 2.05) is 19.2 Å². The molecule has 1 aromatic rings. The number of allylic oxidation sites excluding steroid dienone is 1. The molecule has 0 aliphatic heterocycles. The van der Waals surface area contributed by atoms with Crippen molar-refractivity contribution in [2.45, 2.75) is 6.18 Å². The summed E-state index contributed by atoms with van der Waals surface area (Å²) >= 11 is 4.43. The molecule has 92 valence electrons. The predicted molar refractivity (Wildman–Crippen MR) is 61.8 cm³/mol. The first-order valence-corrected chi connectivity index (χ1v) is 4.78. The average molecular weight is 263 g/mol. The van der Waals surface area contributed by atoms with Crippen LogP contribution in [0.15, 0.2) is 35.9 Å². The average Bonchev–Trinajstić information content (AvgIpc) is 2.28. The number of anilines is 1. The molecular formula is C11H10ClF3N2. The van der Waals surface area contributed by atoms with E-state index in [1.165, 1.54) is 0 Å². The van der Waals surface area contributed by atoms with Crippen molar-refractivity contribution in [3.63, 3.8) is 0 Å². The summed E-state index contributed by atoms with van der Waals surface area (Å²) in [6.07, 6.45) is -4.43. The first-order valence-electron chi connectivity index (χ1n) is 4.40. The lowest BCUT2D eigenvalue weighted by Gasteiger charge is -1.98. The molecule has 0 aliphatic rings. The van der Waals surface area contributed by atoms with Crippen LogP contribution in [0.4, 0.5) is 18.9 Å². The van der Waals surface area contributed by atoms with Crippen LogP contribution in [0.5, 0.6) is 0 Å². The van der Waals surface area contributed by atoms with E-state index in [0.717, 1.165) is 5.69 Å². The van der Waals surface area contributed by atoms with Gasteiger partial charge in [-0.25, -0.2) is 0 Å². The van der Waals surface area contributed by atoms with Gasteiger partial charge in [0.25, 0.3) is 0 Å². The van der Waals surface area contributed by atoms with Crippen molar-refractivity contribution in [1.29, 1.82) is 5.26 Å². The fourth-order valence-electron chi connectivity index (χ4n) is 0.744. The summed E-state index contributed by atoms with van der Waals surface area (Å²) in [5, 5.41) is 10.1. The Hall–Kier alpha value is -1.67. The highest BCUT2D eigenvalue weighted by Crippen LogP contribution is 2.26. The van der Waals surface area contributed by atoms with Gasteiger partial charge in [0.05, 0.1) is 11.6 Å². The number of alkyl halides is 3. The molecule has 1 N–H and O–H groups in total. The fraction of sp³-hybridized carbons (Fsp3) is 0.182. The van der Waals surface area contributed by atoms with E-state index in [2.05, 4.69) is 29.6 Å². The first kappa shape index (κ1) is 15.3. The molecule has 0 saturated heterocycles. The normalized spacial score (nSPS) is 9.65. The largest absolute Gasteiger partial charge is 0.426 e. The Bertz CT molecular complexity index is 421. The zero-order chi connectivity index (χ0) is 13.5. The maximum Gasteiger partial charge on any atom is 0.426 e. The SMILES string of the molecule is C=C(Cl)C(F)(F)F.CNc1cccc(C#N)c1. The molecule has 0 saturated carbocycles. The van der Waals surface area contributed by atoms with Crippen LogP contribution >= 0.6 is 11.6 Å². The second-order valence-corrected chi connectivity index (χ2v) is 3.30. The number of nitrogens with zero attached hydrogens (tertiary/aromatic N) is 1. The molecule has 0 spiro atoms. The lowest BCUT2D eigenvalue weighted by molar-refractivity contribution is -0.0841. The van der Waals surface area contributed by atoms with Gasteiger partial charge in [0.1, 0.15) is 5.03 Å². The predicted octanol–water partition coefficient (Wildman–Crippen LogP) is 3.90. The summed E-state index contributed by atoms with van der Waals surface area (Å²) in [6.45, 7) is 2.47. The molecule has 1 rings (SSSR count). The second-order valence-electron chi connectivity index (χ2n) is 2.85. The van der Waals surface area contributed by atoms with Gasteiger partial charge in [0.15, 0.2) is 0 Å². The van der Waals surface area contributed by atoms with E-state index < -0.39 is 11.2 Å². The van der Waals surface area contributed by atoms with Crippen LogP contribution in [0, 0.1) is 11.3 Å². The van der Waals surface area contributed by atoms with Crippen molar-refractivity contribution < 1.29 is 13.2 Å². The Morgan fingerprint density at radius 2 is 2.00 bits per heavy atom. The third-order valence-corrected chi connectivity index (χ3v) is 1.80. The second kappa shape index (κ2) is 6.81. The van der Waals surface area contributed by atoms with E-state index in [1.54, 1.807) is 12.1 Å². The van der Waals surface area contributed by atoms with Gasteiger partial charge in [-0.2, -0.15) is 18.4 Å². The highest BCUT2D eigenvalue weighted by atomic mass is 35.5. The number of rotatable bonds is 1. The molecule has 0 bridgehead atoms. The van der Waals surface area contributed by atoms with E-state index in [-0.39, 0.29) is 0 Å². The van der Waals surface area contributed by atoms with Gasteiger partial charge in [-0.05, 0) is 18.2 Å². The summed E-state index contributed by atoms with van der Waals surface area (Å²) in [5.74, 6) is 0. The lowest BCUT2D eigenvalue weighted by atomic mass is 10.2. The molecule has 0 heterocycles. The first-order chi connectivity index (χ1) is 7.81. The van der Waals surface area contributed by atoms with E-state index in [4.69, 9.17) is 5.26 Å². The Kier molecular flexibility index (Phi) is 6.15. The summed E-state index contributed by atoms with van der Waals surface area (Å²) in [4.78, 5) is 0. The minimum absolute atomic E-state index is 0.687. The van der Waals surface area contributed by atoms with Gasteiger partial charge in [-0.1, -0.05) is 24.2 Å². The number of benzene rings is 1. The maximum atomic E-state index is 10.9. The minimum Gasteiger partial charge on any atom is -0.388 e. The molecule has 6 heteroatoms. The number of nitrogens with one attached hydrogen (secondary N) is 1. The smallest absolute Gasteiger partial charge is 0.388 e. The van der Waals surface area contributed by atoms with Crippen molar-refractivity contribution in [1.82, 2.24) is 0 Å². The van der Waals surface area contributed by atoms with Gasteiger partial charge in [0, 0.05) is 12.7 Å². The van der Waals surface area contributed by atoms with Crippen molar-refractivity contribution in [3.05, 3.63) is 41.4 Å². The number of nitriles is 1. The summed E-state index contributed by atoms with van der Waals surface area (Å²) in [5.41, 5.74) is 1.66. The Balaban J connectivity index is 0.000000325. The summed E-state index contributed by atoms with van der Waals surface area (Å²) in [7, 11) is 1.83. The van der Waals surface area contributed by atoms with E-state index >= 15 is 0 Å². The van der Waals surface area contributed by atoms with Gasteiger partial charge in [-0.3, -0.25) is 0 Å². The van der Waals surface area contributed by atoms with Gasteiger partial charge >= 0.3 is 6.18 Å². The zero-order valence-corrected chi connectivity index (χ0v) is 9.73. The van der Waals surface area contributed by atoms with E-state index in [9.17, 15) is 13.2 Å². The van der Waals surface area contributed by atoms with Crippen LogP contribution in [-0.2, 0) is 0 Å². The minimum atomic E-state index is -4.43. The molecular weight excluding hydrogens is 253 g/mol. The summed E-state index contributed by atoms with van der Waals surface area (Å²) < 4.78 is 32.8. The molecule has 0 fully saturated rings. The Labute approximate surface area is 102 Å². The third-order valence-electron chi connectivity index (χ3n) is 1.59. The zero-order valence-electron chi connectivity index (χ0n) is 8.98. The van der Waals surface area contributed by atoms with Crippen LogP contribution in [0.1, 0.15) is 5.56 Å². The van der Waals surface area contributed by atoms with E-state index in [0.29, 0.717) is 5.56 Å². The lowest BCUT2D eigenvalue weighted by Crippen LogP contribution is -2.04. The van der Waals surface area contributed by atoms with Gasteiger partial charge in [0.2, 0.25) is 0 Å². The monoisotopic (exact) mass is 262 g/mol. The van der Waals surface area contributed by atoms with Crippen LogP contribution in [0.3, 0.4) is 0 Å². The summed E-state index contributed by atoms with van der Waals surface area (Å²) in [6, 6.07) is 9.41. The quantitative estimate of drug-likeness (QED) is 0.833. The van der Waals surface area contributed by atoms with Crippen LogP contribution < -0.4 is 5.32 Å². The molecule has 0 aromatic heterocycles. The van der Waals surface area contributed by atoms with Crippen LogP contribution in [0.2, 0.25) is 0 Å². The number of halogens is 4. The molecule has 0 atom stereocenters. The van der Waals surface area contributed by atoms with Crippen molar-refractivity contribution in [2.24, 2.45) is 0 Å². The Morgan fingerprint density at radius 3 is 2.35 bits per heavy atom. The van der Waals surface area contributed by atoms with Gasteiger partial charge in [-0.15, -0.1) is 0 Å². The molecule has 2 nitrogen and oxygen atoms in total. The van der Waals surface area contributed by atoms with Crippen molar-refractivity contribution in [2.75, 3.05) is 12.4 Å². The highest BCUT2D eigenvalue weighted by molar-refractivity contribution is 6.29. The topological polar surface area (TPSA) is 35.8 Å². The number of hydrogen-bond acceptors (Lipinski definition) is 2. The fourth-order valence-corrected chi connectivity index (χ4v) is 0.744. The van der Waals surface area contributed by atoms with Crippen molar-refractivity contribution >= 4 is 17.3 Å². The molecule has 0 aliphatic carbocycles. The maximum absolute atomic E-state index is 10.9. The molecule has 17 heavy (non-hydrogen) atoms. The number of hydrogen-bond donors (Lipinski definition) is 1. The molecule has 0 radical (unpaired) electrons. The van der Waals surface area contributed by atoms with Crippen molar-refractivity contribution in [3.8, 4) is 6.07 Å².